The van der Waals surface area contributed by atoms with Gasteiger partial charge in [0, 0.05) is 18.7 Å². The number of piperidine rings is 1. The van der Waals surface area contributed by atoms with Gasteiger partial charge in [0.2, 0.25) is 0 Å². The minimum atomic E-state index is 0.0608. The number of halogens is 1. The number of hydrogen-bond acceptors (Lipinski definition) is 2. The highest BCUT2D eigenvalue weighted by Crippen LogP contribution is 2.37. The zero-order valence-corrected chi connectivity index (χ0v) is 12.4. The number of nitrogens with two attached hydrogens (primary N) is 1. The van der Waals surface area contributed by atoms with E-state index in [1.165, 1.54) is 19.3 Å². The summed E-state index contributed by atoms with van der Waals surface area (Å²) in [6, 6.07) is 5.64. The van der Waals surface area contributed by atoms with E-state index in [1.807, 2.05) is 12.1 Å². The summed E-state index contributed by atoms with van der Waals surface area (Å²) in [7, 11) is 0. The first kappa shape index (κ1) is 14.2. The molecule has 1 aliphatic rings. The van der Waals surface area contributed by atoms with Crippen molar-refractivity contribution in [1.29, 1.82) is 5.41 Å². The van der Waals surface area contributed by atoms with Crippen LogP contribution in [0.1, 0.15) is 38.7 Å². The molecule has 1 fully saturated rings. The summed E-state index contributed by atoms with van der Waals surface area (Å²) in [4.78, 5) is 2.34. The van der Waals surface area contributed by atoms with Crippen LogP contribution in [0.2, 0.25) is 5.02 Å². The Bertz CT molecular complexity index is 476. The monoisotopic (exact) mass is 279 g/mol. The van der Waals surface area contributed by atoms with Crippen LogP contribution in [0.3, 0.4) is 0 Å². The van der Waals surface area contributed by atoms with Gasteiger partial charge in [-0.2, -0.15) is 0 Å². The van der Waals surface area contributed by atoms with E-state index in [2.05, 4.69) is 18.7 Å². The summed E-state index contributed by atoms with van der Waals surface area (Å²) in [6.07, 6.45) is 3.64. The van der Waals surface area contributed by atoms with Crippen molar-refractivity contribution in [2.24, 2.45) is 11.1 Å². The average Bonchev–Trinajstić information content (AvgIpc) is 2.40. The zero-order chi connectivity index (χ0) is 14.0. The molecule has 1 aromatic carbocycles. The highest BCUT2D eigenvalue weighted by Gasteiger charge is 2.28. The Labute approximate surface area is 120 Å². The SMILES string of the molecule is CCC1(C)CCN(c2ccc(C(=N)N)cc2Cl)CC1. The lowest BCUT2D eigenvalue weighted by Crippen LogP contribution is -2.38. The van der Waals surface area contributed by atoms with Crippen molar-refractivity contribution < 1.29 is 0 Å². The summed E-state index contributed by atoms with van der Waals surface area (Å²) >= 11 is 6.32. The molecule has 1 aliphatic heterocycles. The van der Waals surface area contributed by atoms with Crippen LogP contribution in [0.5, 0.6) is 0 Å². The van der Waals surface area contributed by atoms with Gasteiger partial charge in [-0.1, -0.05) is 31.9 Å². The third-order valence-corrected chi connectivity index (χ3v) is 4.73. The maximum absolute atomic E-state index is 7.43. The summed E-state index contributed by atoms with van der Waals surface area (Å²) in [5.74, 6) is 0.0608. The third kappa shape index (κ3) is 3.03. The van der Waals surface area contributed by atoms with Crippen LogP contribution in [0.15, 0.2) is 18.2 Å². The Morgan fingerprint density at radius 3 is 2.53 bits per heavy atom. The van der Waals surface area contributed by atoms with Gasteiger partial charge in [-0.05, 0) is 36.5 Å². The molecule has 19 heavy (non-hydrogen) atoms. The molecule has 3 N–H and O–H groups in total. The molecule has 3 nitrogen and oxygen atoms in total. The standard InChI is InChI=1S/C15H22ClN3/c1-3-15(2)6-8-19(9-7-15)13-5-4-11(14(17)18)10-12(13)16/h4-5,10H,3,6-9H2,1-2H3,(H3,17,18). The van der Waals surface area contributed by atoms with Crippen molar-refractivity contribution in [1.82, 2.24) is 0 Å². The summed E-state index contributed by atoms with van der Waals surface area (Å²) < 4.78 is 0. The fourth-order valence-corrected chi connectivity index (χ4v) is 2.87. The van der Waals surface area contributed by atoms with Crippen LogP contribution < -0.4 is 10.6 Å². The molecule has 1 saturated heterocycles. The van der Waals surface area contributed by atoms with Crippen molar-refractivity contribution in [2.45, 2.75) is 33.1 Å². The first-order chi connectivity index (χ1) is 8.95. The largest absolute Gasteiger partial charge is 0.384 e. The molecule has 1 heterocycles. The van der Waals surface area contributed by atoms with E-state index in [0.29, 0.717) is 16.0 Å². The molecule has 104 valence electrons. The third-order valence-electron chi connectivity index (χ3n) is 4.42. The smallest absolute Gasteiger partial charge is 0.122 e. The highest BCUT2D eigenvalue weighted by atomic mass is 35.5. The predicted molar refractivity (Wildman–Crippen MR) is 82.3 cm³/mol. The lowest BCUT2D eigenvalue weighted by molar-refractivity contribution is 0.238. The van der Waals surface area contributed by atoms with Gasteiger partial charge in [0.05, 0.1) is 10.7 Å². The van der Waals surface area contributed by atoms with Gasteiger partial charge >= 0.3 is 0 Å². The second kappa shape index (κ2) is 5.41. The van der Waals surface area contributed by atoms with Gasteiger partial charge in [-0.25, -0.2) is 0 Å². The van der Waals surface area contributed by atoms with E-state index < -0.39 is 0 Å². The average molecular weight is 280 g/mol. The molecule has 0 radical (unpaired) electrons. The van der Waals surface area contributed by atoms with Gasteiger partial charge in [0.25, 0.3) is 0 Å². The van der Waals surface area contributed by atoms with Crippen molar-refractivity contribution >= 4 is 23.1 Å². The number of hydrogen-bond donors (Lipinski definition) is 2. The van der Waals surface area contributed by atoms with Crippen LogP contribution in [0, 0.1) is 10.8 Å². The van der Waals surface area contributed by atoms with Crippen LogP contribution >= 0.6 is 11.6 Å². The molecule has 0 bridgehead atoms. The second-order valence-electron chi connectivity index (χ2n) is 5.73. The molecular weight excluding hydrogens is 258 g/mol. The van der Waals surface area contributed by atoms with Crippen molar-refractivity contribution in [3.8, 4) is 0 Å². The maximum atomic E-state index is 7.43. The van der Waals surface area contributed by atoms with E-state index >= 15 is 0 Å². The van der Waals surface area contributed by atoms with Gasteiger partial charge in [0.1, 0.15) is 5.84 Å². The summed E-state index contributed by atoms with van der Waals surface area (Å²) in [6.45, 7) is 6.72. The highest BCUT2D eigenvalue weighted by molar-refractivity contribution is 6.33. The second-order valence-corrected chi connectivity index (χ2v) is 6.14. The number of nitrogen functional groups attached to an aromatic ring is 1. The summed E-state index contributed by atoms with van der Waals surface area (Å²) in [5.41, 5.74) is 7.69. The first-order valence-electron chi connectivity index (χ1n) is 6.84. The van der Waals surface area contributed by atoms with Crippen LogP contribution in [0.25, 0.3) is 0 Å². The molecule has 1 aromatic rings. The number of rotatable bonds is 3. The molecule has 0 spiro atoms. The van der Waals surface area contributed by atoms with Gasteiger partial charge in [0.15, 0.2) is 0 Å². The quantitative estimate of drug-likeness (QED) is 0.656. The number of amidine groups is 1. The van der Waals surface area contributed by atoms with Gasteiger partial charge in [-0.15, -0.1) is 0 Å². The lowest BCUT2D eigenvalue weighted by atomic mass is 9.78. The summed E-state index contributed by atoms with van der Waals surface area (Å²) in [5, 5.41) is 8.12. The number of nitrogens with one attached hydrogen (secondary N) is 1. The van der Waals surface area contributed by atoms with E-state index in [9.17, 15) is 0 Å². The minimum absolute atomic E-state index is 0.0608. The molecule has 0 aliphatic carbocycles. The van der Waals surface area contributed by atoms with E-state index in [0.717, 1.165) is 18.8 Å². The van der Waals surface area contributed by atoms with Crippen molar-refractivity contribution in [3.05, 3.63) is 28.8 Å². The fourth-order valence-electron chi connectivity index (χ4n) is 2.57. The number of benzene rings is 1. The number of anilines is 1. The van der Waals surface area contributed by atoms with Crippen molar-refractivity contribution in [2.75, 3.05) is 18.0 Å². The maximum Gasteiger partial charge on any atom is 0.122 e. The van der Waals surface area contributed by atoms with Crippen LogP contribution in [-0.2, 0) is 0 Å². The zero-order valence-electron chi connectivity index (χ0n) is 11.7. The Balaban J connectivity index is 2.14. The molecule has 4 heteroatoms. The fraction of sp³-hybridized carbons (Fsp3) is 0.533. The lowest BCUT2D eigenvalue weighted by Gasteiger charge is -2.40. The molecule has 0 aromatic heterocycles. The van der Waals surface area contributed by atoms with E-state index in [4.69, 9.17) is 22.7 Å². The molecular formula is C15H22ClN3. The van der Waals surface area contributed by atoms with Crippen LogP contribution in [-0.4, -0.2) is 18.9 Å². The Hall–Kier alpha value is -1.22. The van der Waals surface area contributed by atoms with Gasteiger partial charge in [-0.3, -0.25) is 5.41 Å². The Morgan fingerprint density at radius 1 is 1.42 bits per heavy atom. The molecule has 2 rings (SSSR count). The van der Waals surface area contributed by atoms with Crippen molar-refractivity contribution in [3.63, 3.8) is 0 Å². The van der Waals surface area contributed by atoms with Gasteiger partial charge < -0.3 is 10.6 Å². The molecule has 0 atom stereocenters. The first-order valence-corrected chi connectivity index (χ1v) is 7.22. The van der Waals surface area contributed by atoms with E-state index in [-0.39, 0.29) is 5.84 Å². The molecule has 0 saturated carbocycles. The normalized spacial score (nSPS) is 18.4. The predicted octanol–water partition coefficient (Wildman–Crippen LogP) is 3.64. The minimum Gasteiger partial charge on any atom is -0.384 e. The van der Waals surface area contributed by atoms with Crippen LogP contribution in [0.4, 0.5) is 5.69 Å². The Kier molecular flexibility index (Phi) is 4.04. The van der Waals surface area contributed by atoms with E-state index in [1.54, 1.807) is 6.07 Å². The topological polar surface area (TPSA) is 53.1 Å². The molecule has 0 amide bonds. The number of nitrogens with zero attached hydrogens (tertiary/aromatic N) is 1. The molecule has 0 unspecified atom stereocenters. The Morgan fingerprint density at radius 2 is 2.05 bits per heavy atom.